The molecule has 28 heavy (non-hydrogen) atoms. The lowest BCUT2D eigenvalue weighted by molar-refractivity contribution is -0.144. The van der Waals surface area contributed by atoms with Gasteiger partial charge in [0.15, 0.2) is 6.10 Å². The minimum absolute atomic E-state index is 0.0685. The van der Waals surface area contributed by atoms with Crippen molar-refractivity contribution >= 4 is 29.9 Å². The van der Waals surface area contributed by atoms with E-state index in [0.29, 0.717) is 11.5 Å². The number of aliphatic carboxylic acids is 1. The van der Waals surface area contributed by atoms with E-state index in [1.165, 1.54) is 0 Å². The van der Waals surface area contributed by atoms with Crippen molar-refractivity contribution in [1.82, 2.24) is 5.32 Å². The maximum absolute atomic E-state index is 11.9. The van der Waals surface area contributed by atoms with E-state index in [0.717, 1.165) is 12.1 Å². The molecule has 6 nitrogen and oxygen atoms in total. The fraction of sp³-hybridized carbons (Fsp3) is 0.900. The quantitative estimate of drug-likeness (QED) is 0.452. The van der Waals surface area contributed by atoms with E-state index >= 15 is 0 Å². The average molecular weight is 432 g/mol. The second kappa shape index (κ2) is 10.2. The summed E-state index contributed by atoms with van der Waals surface area (Å²) in [5.41, 5.74) is -0.499. The smallest absolute Gasteiger partial charge is 0.407 e. The summed E-state index contributed by atoms with van der Waals surface area (Å²) in [5, 5.41) is 12.2. The predicted octanol–water partition coefficient (Wildman–Crippen LogP) is 4.94. The van der Waals surface area contributed by atoms with Crippen molar-refractivity contribution in [3.63, 3.8) is 0 Å². The maximum Gasteiger partial charge on any atom is 0.407 e. The van der Waals surface area contributed by atoms with E-state index in [1.807, 2.05) is 20.8 Å². The lowest BCUT2D eigenvalue weighted by Crippen LogP contribution is -2.43. The Morgan fingerprint density at radius 2 is 1.64 bits per heavy atom. The van der Waals surface area contributed by atoms with Crippen molar-refractivity contribution in [3.05, 3.63) is 0 Å². The minimum Gasteiger partial charge on any atom is -0.479 e. The molecular formula is C20H41NO5Si2. The van der Waals surface area contributed by atoms with E-state index in [1.54, 1.807) is 0 Å². The summed E-state index contributed by atoms with van der Waals surface area (Å²) in [6, 6.07) is 1.95. The van der Waals surface area contributed by atoms with Crippen LogP contribution in [0.15, 0.2) is 0 Å². The maximum atomic E-state index is 11.9. The largest absolute Gasteiger partial charge is 0.479 e. The molecule has 0 saturated carbocycles. The van der Waals surface area contributed by atoms with Crippen molar-refractivity contribution in [1.29, 1.82) is 0 Å². The molecule has 2 radical (unpaired) electrons. The molecule has 0 saturated heterocycles. The second-order valence-corrected chi connectivity index (χ2v) is 17.1. The first-order chi connectivity index (χ1) is 12.4. The standard InChI is InChI=1S/C20H41NO5Si2/c1-11-20(7,8)25-17(24)21-12-15(16(22)23)26-27-13-19(5,6)14-28(9,10)18(2,3)4/h15H,11-14H2,1-10H3,(H,21,24)(H,22,23). The van der Waals surface area contributed by atoms with E-state index in [-0.39, 0.29) is 21.7 Å². The van der Waals surface area contributed by atoms with Gasteiger partial charge in [0.1, 0.15) is 5.60 Å². The van der Waals surface area contributed by atoms with Gasteiger partial charge in [0.25, 0.3) is 0 Å². The number of carbonyl (C=O) groups is 2. The molecule has 0 aliphatic rings. The van der Waals surface area contributed by atoms with E-state index in [2.05, 4.69) is 53.0 Å². The summed E-state index contributed by atoms with van der Waals surface area (Å²) in [7, 11) is -1.37. The summed E-state index contributed by atoms with van der Waals surface area (Å²) in [6.45, 7) is 21.6. The number of amides is 1. The van der Waals surface area contributed by atoms with Gasteiger partial charge in [-0.3, -0.25) is 0 Å². The molecule has 8 heteroatoms. The SMILES string of the molecule is CCC(C)(C)OC(=O)NCC(O[Si]CC(C)(C)C[Si](C)(C)C(C)(C)C)C(=O)O. The summed E-state index contributed by atoms with van der Waals surface area (Å²) in [6.07, 6.45) is -1.02. The highest BCUT2D eigenvalue weighted by molar-refractivity contribution is 6.80. The number of hydrogen-bond donors (Lipinski definition) is 2. The molecule has 0 aromatic carbocycles. The normalized spacial score (nSPS) is 14.5. The van der Waals surface area contributed by atoms with Gasteiger partial charge in [0.2, 0.25) is 9.76 Å². The molecule has 0 spiro atoms. The van der Waals surface area contributed by atoms with Crippen LogP contribution in [0.3, 0.4) is 0 Å². The van der Waals surface area contributed by atoms with Crippen LogP contribution >= 0.6 is 0 Å². The third-order valence-electron chi connectivity index (χ3n) is 5.65. The van der Waals surface area contributed by atoms with Gasteiger partial charge in [-0.25, -0.2) is 9.59 Å². The number of carboxylic acid groups (broad SMARTS) is 1. The molecule has 1 amide bonds. The second-order valence-electron chi connectivity index (χ2n) is 10.6. The van der Waals surface area contributed by atoms with Crippen LogP contribution < -0.4 is 5.32 Å². The molecule has 164 valence electrons. The fourth-order valence-electron chi connectivity index (χ4n) is 2.58. The Bertz CT molecular complexity index is 527. The first-order valence-corrected chi connectivity index (χ1v) is 14.3. The zero-order chi connectivity index (χ0) is 22.4. The lowest BCUT2D eigenvalue weighted by atomic mass is 10.00. The van der Waals surface area contributed by atoms with E-state index < -0.39 is 31.8 Å². The molecule has 0 heterocycles. The average Bonchev–Trinajstić information content (AvgIpc) is 2.47. The lowest BCUT2D eigenvalue weighted by Gasteiger charge is -2.42. The van der Waals surface area contributed by atoms with Crippen LogP contribution in [-0.4, -0.2) is 53.3 Å². The Morgan fingerprint density at radius 1 is 1.11 bits per heavy atom. The van der Waals surface area contributed by atoms with Crippen LogP contribution in [0.1, 0.15) is 61.8 Å². The number of ether oxygens (including phenoxy) is 1. The number of alkyl carbamates (subject to hydrolysis) is 1. The van der Waals surface area contributed by atoms with Gasteiger partial charge >= 0.3 is 12.1 Å². The van der Waals surface area contributed by atoms with Gasteiger partial charge in [-0.1, -0.05) is 60.7 Å². The molecule has 1 atom stereocenters. The Balaban J connectivity index is 4.61. The zero-order valence-electron chi connectivity index (χ0n) is 19.5. The van der Waals surface area contributed by atoms with Gasteiger partial charge in [-0.05, 0) is 36.8 Å². The monoisotopic (exact) mass is 431 g/mol. The number of nitrogens with one attached hydrogen (secondary N) is 1. The van der Waals surface area contributed by atoms with Crippen LogP contribution in [0.4, 0.5) is 4.79 Å². The first-order valence-electron chi connectivity index (χ1n) is 10.0. The van der Waals surface area contributed by atoms with E-state index in [9.17, 15) is 14.7 Å². The topological polar surface area (TPSA) is 84.9 Å². The van der Waals surface area contributed by atoms with Crippen molar-refractivity contribution in [2.75, 3.05) is 6.54 Å². The van der Waals surface area contributed by atoms with Gasteiger partial charge in [-0.15, -0.1) is 0 Å². The molecule has 2 N–H and O–H groups in total. The molecule has 0 aromatic heterocycles. The third kappa shape index (κ3) is 10.1. The van der Waals surface area contributed by atoms with Gasteiger partial charge in [0, 0.05) is 0 Å². The highest BCUT2D eigenvalue weighted by atomic mass is 28.3. The Hall–Kier alpha value is -0.866. The number of hydrogen-bond acceptors (Lipinski definition) is 4. The first kappa shape index (κ1) is 27.1. The number of rotatable bonds is 11. The molecule has 1 unspecified atom stereocenters. The van der Waals surface area contributed by atoms with Crippen LogP contribution in [0.2, 0.25) is 30.2 Å². The summed E-state index contributed by atoms with van der Waals surface area (Å²) >= 11 is 0. The van der Waals surface area contributed by atoms with Crippen LogP contribution in [0, 0.1) is 5.41 Å². The number of carboxylic acids is 1. The highest BCUT2D eigenvalue weighted by Crippen LogP contribution is 2.44. The Kier molecular flexibility index (Phi) is 9.93. The van der Waals surface area contributed by atoms with Crippen LogP contribution in [0.5, 0.6) is 0 Å². The van der Waals surface area contributed by atoms with Gasteiger partial charge < -0.3 is 19.6 Å². The molecule has 0 aliphatic carbocycles. The summed E-state index contributed by atoms with van der Waals surface area (Å²) in [5.74, 6) is -1.08. The fourth-order valence-corrected chi connectivity index (χ4v) is 6.86. The van der Waals surface area contributed by atoms with Gasteiger partial charge in [-0.2, -0.15) is 0 Å². The van der Waals surface area contributed by atoms with Crippen LogP contribution in [-0.2, 0) is 14.0 Å². The zero-order valence-corrected chi connectivity index (χ0v) is 21.5. The molecule has 0 aromatic rings. The summed E-state index contributed by atoms with van der Waals surface area (Å²) in [4.78, 5) is 23.3. The van der Waals surface area contributed by atoms with Crippen molar-refractivity contribution in [2.24, 2.45) is 5.41 Å². The Labute approximate surface area is 175 Å². The van der Waals surface area contributed by atoms with E-state index in [4.69, 9.17) is 9.16 Å². The molecule has 0 rings (SSSR count). The molecule has 0 bridgehead atoms. The van der Waals surface area contributed by atoms with Crippen molar-refractivity contribution in [3.8, 4) is 0 Å². The van der Waals surface area contributed by atoms with Crippen molar-refractivity contribution in [2.45, 2.75) is 104 Å². The van der Waals surface area contributed by atoms with Gasteiger partial charge in [0.05, 0.1) is 14.6 Å². The third-order valence-corrected chi connectivity index (χ3v) is 13.1. The highest BCUT2D eigenvalue weighted by Gasteiger charge is 2.39. The molecule has 0 aliphatic heterocycles. The minimum atomic E-state index is -1.44. The van der Waals surface area contributed by atoms with Crippen LogP contribution in [0.25, 0.3) is 0 Å². The Morgan fingerprint density at radius 3 is 2.07 bits per heavy atom. The molecular weight excluding hydrogens is 390 g/mol. The predicted molar refractivity (Wildman–Crippen MR) is 118 cm³/mol. The number of carbonyl (C=O) groups excluding carboxylic acids is 1. The van der Waals surface area contributed by atoms with Crippen molar-refractivity contribution < 1.29 is 23.9 Å². The summed E-state index contributed by atoms with van der Waals surface area (Å²) < 4.78 is 10.9. The molecule has 0 fully saturated rings.